The molecule has 0 saturated carbocycles. The summed E-state index contributed by atoms with van der Waals surface area (Å²) >= 11 is 0. The monoisotopic (exact) mass is 276 g/mol. The Labute approximate surface area is 121 Å². The van der Waals surface area contributed by atoms with Crippen LogP contribution in [0, 0.1) is 11.3 Å². The van der Waals surface area contributed by atoms with Crippen LogP contribution in [0.4, 0.5) is 0 Å². The average molecular weight is 276 g/mol. The molecule has 110 valence electrons. The number of hydrogen-bond acceptors (Lipinski definition) is 4. The molecule has 0 spiro atoms. The molecule has 0 bridgehead atoms. The van der Waals surface area contributed by atoms with Crippen molar-refractivity contribution in [2.75, 3.05) is 13.2 Å². The maximum absolute atomic E-state index is 8.48. The molecule has 0 radical (unpaired) electrons. The van der Waals surface area contributed by atoms with Gasteiger partial charge in [0.2, 0.25) is 0 Å². The highest BCUT2D eigenvalue weighted by Crippen LogP contribution is 2.29. The van der Waals surface area contributed by atoms with Crippen molar-refractivity contribution in [3.8, 4) is 17.6 Å². The molecule has 1 unspecified atom stereocenters. The molecule has 0 aliphatic carbocycles. The SMILES string of the molecule is CCOc1cc(CC(C)N)ccc1OCCCCC#N. The van der Waals surface area contributed by atoms with Gasteiger partial charge in [-0.3, -0.25) is 0 Å². The van der Waals surface area contributed by atoms with Gasteiger partial charge in [0, 0.05) is 12.5 Å². The topological polar surface area (TPSA) is 68.3 Å². The van der Waals surface area contributed by atoms with Gasteiger partial charge in [0.05, 0.1) is 19.3 Å². The van der Waals surface area contributed by atoms with Crippen molar-refractivity contribution in [1.82, 2.24) is 0 Å². The molecule has 0 saturated heterocycles. The number of nitrogens with zero attached hydrogens (tertiary/aromatic N) is 1. The van der Waals surface area contributed by atoms with Gasteiger partial charge in [0.1, 0.15) is 0 Å². The highest BCUT2D eigenvalue weighted by Gasteiger charge is 2.07. The summed E-state index contributed by atoms with van der Waals surface area (Å²) < 4.78 is 11.3. The van der Waals surface area contributed by atoms with Gasteiger partial charge in [0.15, 0.2) is 11.5 Å². The first-order chi connectivity index (χ1) is 9.67. The van der Waals surface area contributed by atoms with E-state index < -0.39 is 0 Å². The summed E-state index contributed by atoms with van der Waals surface area (Å²) in [6, 6.07) is 8.22. The number of unbranched alkanes of at least 4 members (excludes halogenated alkanes) is 2. The molecule has 0 aliphatic rings. The van der Waals surface area contributed by atoms with E-state index in [0.717, 1.165) is 36.3 Å². The van der Waals surface area contributed by atoms with E-state index in [-0.39, 0.29) is 6.04 Å². The van der Waals surface area contributed by atoms with Crippen molar-refractivity contribution in [1.29, 1.82) is 5.26 Å². The van der Waals surface area contributed by atoms with E-state index in [1.807, 2.05) is 32.0 Å². The summed E-state index contributed by atoms with van der Waals surface area (Å²) in [6.45, 7) is 5.15. The van der Waals surface area contributed by atoms with E-state index in [0.29, 0.717) is 19.6 Å². The van der Waals surface area contributed by atoms with Crippen LogP contribution in [0.2, 0.25) is 0 Å². The van der Waals surface area contributed by atoms with Gasteiger partial charge >= 0.3 is 0 Å². The normalized spacial score (nSPS) is 11.7. The summed E-state index contributed by atoms with van der Waals surface area (Å²) in [5.74, 6) is 1.53. The maximum Gasteiger partial charge on any atom is 0.161 e. The summed E-state index contributed by atoms with van der Waals surface area (Å²) in [6.07, 6.45) is 3.14. The van der Waals surface area contributed by atoms with E-state index >= 15 is 0 Å². The number of ether oxygens (including phenoxy) is 2. The summed E-state index contributed by atoms with van der Waals surface area (Å²) in [5.41, 5.74) is 6.97. The Hall–Kier alpha value is -1.73. The Morgan fingerprint density at radius 3 is 2.70 bits per heavy atom. The highest BCUT2D eigenvalue weighted by molar-refractivity contribution is 5.43. The summed E-state index contributed by atoms with van der Waals surface area (Å²) in [7, 11) is 0. The molecule has 0 amide bonds. The third-order valence-electron chi connectivity index (χ3n) is 2.81. The summed E-state index contributed by atoms with van der Waals surface area (Å²) in [4.78, 5) is 0. The fraction of sp³-hybridized carbons (Fsp3) is 0.562. The number of benzene rings is 1. The number of hydrogen-bond donors (Lipinski definition) is 1. The Morgan fingerprint density at radius 1 is 1.25 bits per heavy atom. The third-order valence-corrected chi connectivity index (χ3v) is 2.81. The van der Waals surface area contributed by atoms with Gasteiger partial charge in [-0.2, -0.15) is 5.26 Å². The number of nitrogens with two attached hydrogens (primary N) is 1. The molecule has 0 fully saturated rings. The maximum atomic E-state index is 8.48. The first-order valence-electron chi connectivity index (χ1n) is 7.18. The van der Waals surface area contributed by atoms with E-state index in [9.17, 15) is 0 Å². The molecular formula is C16H24N2O2. The minimum absolute atomic E-state index is 0.127. The molecule has 0 heterocycles. The van der Waals surface area contributed by atoms with Crippen molar-refractivity contribution in [2.45, 2.75) is 45.6 Å². The Kier molecular flexibility index (Phi) is 7.52. The van der Waals surface area contributed by atoms with Crippen LogP contribution in [0.5, 0.6) is 11.5 Å². The Balaban J connectivity index is 2.62. The van der Waals surface area contributed by atoms with Gasteiger partial charge in [0.25, 0.3) is 0 Å². The van der Waals surface area contributed by atoms with Gasteiger partial charge in [-0.25, -0.2) is 0 Å². The van der Waals surface area contributed by atoms with Crippen LogP contribution >= 0.6 is 0 Å². The third kappa shape index (κ3) is 5.94. The highest BCUT2D eigenvalue weighted by atomic mass is 16.5. The van der Waals surface area contributed by atoms with Gasteiger partial charge < -0.3 is 15.2 Å². The van der Waals surface area contributed by atoms with E-state index in [1.165, 1.54) is 0 Å². The lowest BCUT2D eigenvalue weighted by molar-refractivity contribution is 0.271. The lowest BCUT2D eigenvalue weighted by atomic mass is 10.1. The van der Waals surface area contributed by atoms with Crippen LogP contribution in [0.3, 0.4) is 0 Å². The van der Waals surface area contributed by atoms with E-state index in [4.69, 9.17) is 20.5 Å². The molecule has 1 aromatic rings. The van der Waals surface area contributed by atoms with Crippen LogP contribution in [-0.4, -0.2) is 19.3 Å². The second-order valence-corrected chi connectivity index (χ2v) is 4.86. The Bertz CT molecular complexity index is 439. The molecule has 1 atom stereocenters. The van der Waals surface area contributed by atoms with Crippen molar-refractivity contribution in [3.63, 3.8) is 0 Å². The Morgan fingerprint density at radius 2 is 2.05 bits per heavy atom. The van der Waals surface area contributed by atoms with Crippen LogP contribution < -0.4 is 15.2 Å². The molecule has 0 aromatic heterocycles. The van der Waals surface area contributed by atoms with Crippen molar-refractivity contribution in [2.24, 2.45) is 5.73 Å². The average Bonchev–Trinajstić information content (AvgIpc) is 2.40. The predicted octanol–water partition coefficient (Wildman–Crippen LogP) is 3.05. The first-order valence-corrected chi connectivity index (χ1v) is 7.18. The standard InChI is InChI=1S/C16H24N2O2/c1-3-19-16-12-14(11-13(2)18)7-8-15(16)20-10-6-4-5-9-17/h7-8,12-13H,3-6,10-11,18H2,1-2H3. The molecule has 20 heavy (non-hydrogen) atoms. The second-order valence-electron chi connectivity index (χ2n) is 4.86. The van der Waals surface area contributed by atoms with Crippen LogP contribution in [-0.2, 0) is 6.42 Å². The lowest BCUT2D eigenvalue weighted by Gasteiger charge is -2.14. The smallest absolute Gasteiger partial charge is 0.161 e. The molecule has 4 nitrogen and oxygen atoms in total. The van der Waals surface area contributed by atoms with Gasteiger partial charge in [-0.15, -0.1) is 0 Å². The zero-order valence-corrected chi connectivity index (χ0v) is 12.4. The molecule has 2 N–H and O–H groups in total. The van der Waals surface area contributed by atoms with Crippen LogP contribution in [0.15, 0.2) is 18.2 Å². The van der Waals surface area contributed by atoms with Gasteiger partial charge in [-0.05, 0) is 50.8 Å². The van der Waals surface area contributed by atoms with Crippen molar-refractivity contribution >= 4 is 0 Å². The fourth-order valence-electron chi connectivity index (χ4n) is 1.93. The molecule has 1 aromatic carbocycles. The predicted molar refractivity (Wildman–Crippen MR) is 79.9 cm³/mol. The minimum Gasteiger partial charge on any atom is -0.490 e. The largest absolute Gasteiger partial charge is 0.490 e. The van der Waals surface area contributed by atoms with Crippen LogP contribution in [0.1, 0.15) is 38.7 Å². The molecule has 0 aliphatic heterocycles. The zero-order chi connectivity index (χ0) is 14.8. The second kappa shape index (κ2) is 9.22. The number of rotatable bonds is 9. The lowest BCUT2D eigenvalue weighted by Crippen LogP contribution is -2.17. The quantitative estimate of drug-likeness (QED) is 0.704. The molecule has 4 heteroatoms. The molecule has 1 rings (SSSR count). The van der Waals surface area contributed by atoms with Crippen molar-refractivity contribution in [3.05, 3.63) is 23.8 Å². The van der Waals surface area contributed by atoms with Crippen molar-refractivity contribution < 1.29 is 9.47 Å². The van der Waals surface area contributed by atoms with Gasteiger partial charge in [-0.1, -0.05) is 6.07 Å². The minimum atomic E-state index is 0.127. The van der Waals surface area contributed by atoms with Crippen LogP contribution in [0.25, 0.3) is 0 Å². The first kappa shape index (κ1) is 16.3. The zero-order valence-electron chi connectivity index (χ0n) is 12.4. The fourth-order valence-corrected chi connectivity index (χ4v) is 1.93. The summed E-state index contributed by atoms with van der Waals surface area (Å²) in [5, 5.41) is 8.48. The van der Waals surface area contributed by atoms with E-state index in [1.54, 1.807) is 0 Å². The van der Waals surface area contributed by atoms with E-state index in [2.05, 4.69) is 6.07 Å². The molecular weight excluding hydrogens is 252 g/mol. The number of nitriles is 1.